The Balaban J connectivity index is 1.69. The van der Waals surface area contributed by atoms with E-state index in [9.17, 15) is 9.59 Å². The molecular formula is C20H28N4O3. The van der Waals surface area contributed by atoms with Gasteiger partial charge in [-0.2, -0.15) is 5.10 Å². The zero-order valence-corrected chi connectivity index (χ0v) is 16.5. The first kappa shape index (κ1) is 19.2. The fourth-order valence-corrected chi connectivity index (χ4v) is 3.63. The first-order valence-corrected chi connectivity index (χ1v) is 9.50. The standard InChI is InChI=1S/C20H28N4O3/c1-14(2)24-19(21-22(4)20(24)26)16-9-7-11-23(12-16)18(25)13-27-17-10-6-5-8-15(17)3/h5-6,8,10,14,16H,7,9,11-13H2,1-4H3. The Hall–Kier alpha value is -2.57. The summed E-state index contributed by atoms with van der Waals surface area (Å²) in [6, 6.07) is 7.72. The summed E-state index contributed by atoms with van der Waals surface area (Å²) in [6.45, 7) is 7.23. The van der Waals surface area contributed by atoms with E-state index in [2.05, 4.69) is 5.10 Å². The lowest BCUT2D eigenvalue weighted by Gasteiger charge is -2.32. The van der Waals surface area contributed by atoms with Crippen molar-refractivity contribution < 1.29 is 9.53 Å². The summed E-state index contributed by atoms with van der Waals surface area (Å²) in [6.07, 6.45) is 1.81. The van der Waals surface area contributed by atoms with Gasteiger partial charge in [0.2, 0.25) is 0 Å². The molecule has 1 aliphatic rings. The molecule has 0 N–H and O–H groups in total. The molecule has 1 aromatic heterocycles. The summed E-state index contributed by atoms with van der Waals surface area (Å²) in [5, 5.41) is 4.45. The van der Waals surface area contributed by atoms with Crippen LogP contribution in [0.25, 0.3) is 0 Å². The molecule has 1 amide bonds. The molecule has 2 aromatic rings. The number of aryl methyl sites for hydroxylation is 2. The quantitative estimate of drug-likeness (QED) is 0.807. The van der Waals surface area contributed by atoms with Crippen LogP contribution < -0.4 is 10.4 Å². The Labute approximate surface area is 159 Å². The van der Waals surface area contributed by atoms with Gasteiger partial charge in [-0.25, -0.2) is 9.48 Å². The van der Waals surface area contributed by atoms with Crippen molar-refractivity contribution in [2.24, 2.45) is 7.05 Å². The van der Waals surface area contributed by atoms with Crippen molar-refractivity contribution in [2.75, 3.05) is 19.7 Å². The minimum Gasteiger partial charge on any atom is -0.484 e. The first-order valence-electron chi connectivity index (χ1n) is 9.50. The topological polar surface area (TPSA) is 69.4 Å². The highest BCUT2D eigenvalue weighted by Crippen LogP contribution is 2.26. The molecule has 1 atom stereocenters. The SMILES string of the molecule is Cc1ccccc1OCC(=O)N1CCCC(c2nn(C)c(=O)n2C(C)C)C1. The van der Waals surface area contributed by atoms with Gasteiger partial charge in [0.05, 0.1) is 0 Å². The summed E-state index contributed by atoms with van der Waals surface area (Å²) in [7, 11) is 1.67. The van der Waals surface area contributed by atoms with Crippen molar-refractivity contribution in [3.63, 3.8) is 0 Å². The molecule has 2 heterocycles. The monoisotopic (exact) mass is 372 g/mol. The number of carbonyl (C=O) groups is 1. The van der Waals surface area contributed by atoms with Crippen LogP contribution in [0.4, 0.5) is 0 Å². The zero-order valence-electron chi connectivity index (χ0n) is 16.5. The largest absolute Gasteiger partial charge is 0.484 e. The third-order valence-electron chi connectivity index (χ3n) is 5.08. The van der Waals surface area contributed by atoms with E-state index >= 15 is 0 Å². The van der Waals surface area contributed by atoms with Gasteiger partial charge in [-0.15, -0.1) is 0 Å². The molecule has 7 heteroatoms. The summed E-state index contributed by atoms with van der Waals surface area (Å²) in [4.78, 5) is 26.8. The summed E-state index contributed by atoms with van der Waals surface area (Å²) in [5.74, 6) is 1.54. The average molecular weight is 372 g/mol. The Kier molecular flexibility index (Phi) is 5.68. The molecular weight excluding hydrogens is 344 g/mol. The van der Waals surface area contributed by atoms with Gasteiger partial charge < -0.3 is 9.64 Å². The number of aromatic nitrogens is 3. The maximum Gasteiger partial charge on any atom is 0.345 e. The average Bonchev–Trinajstić information content (AvgIpc) is 2.96. The van der Waals surface area contributed by atoms with E-state index in [0.717, 1.165) is 30.0 Å². The number of carbonyl (C=O) groups excluding carboxylic acids is 1. The van der Waals surface area contributed by atoms with E-state index in [1.54, 1.807) is 11.6 Å². The number of benzene rings is 1. The molecule has 1 aromatic carbocycles. The molecule has 0 bridgehead atoms. The van der Waals surface area contributed by atoms with Crippen molar-refractivity contribution in [1.29, 1.82) is 0 Å². The summed E-state index contributed by atoms with van der Waals surface area (Å²) < 4.78 is 8.84. The van der Waals surface area contributed by atoms with Gasteiger partial charge in [0.25, 0.3) is 5.91 Å². The third kappa shape index (κ3) is 4.07. The number of hydrogen-bond donors (Lipinski definition) is 0. The Bertz CT molecular complexity index is 868. The Morgan fingerprint density at radius 1 is 1.33 bits per heavy atom. The van der Waals surface area contributed by atoms with Gasteiger partial charge in [-0.3, -0.25) is 9.36 Å². The van der Waals surface area contributed by atoms with Crippen molar-refractivity contribution in [2.45, 2.75) is 45.6 Å². The van der Waals surface area contributed by atoms with Crippen molar-refractivity contribution >= 4 is 5.91 Å². The minimum atomic E-state index is -0.105. The normalized spacial score (nSPS) is 17.4. The van der Waals surface area contributed by atoms with Gasteiger partial charge in [0.1, 0.15) is 11.6 Å². The Morgan fingerprint density at radius 2 is 2.07 bits per heavy atom. The second-order valence-electron chi connectivity index (χ2n) is 7.46. The zero-order chi connectivity index (χ0) is 19.6. The van der Waals surface area contributed by atoms with Crippen LogP contribution >= 0.6 is 0 Å². The number of para-hydroxylation sites is 1. The smallest absolute Gasteiger partial charge is 0.345 e. The van der Waals surface area contributed by atoms with Crippen molar-refractivity contribution in [3.05, 3.63) is 46.1 Å². The molecule has 3 rings (SSSR count). The van der Waals surface area contributed by atoms with Gasteiger partial charge in [-0.1, -0.05) is 18.2 Å². The van der Waals surface area contributed by atoms with Crippen LogP contribution in [0, 0.1) is 6.92 Å². The number of hydrogen-bond acceptors (Lipinski definition) is 4. The van der Waals surface area contributed by atoms with Crippen LogP contribution in [-0.2, 0) is 11.8 Å². The first-order chi connectivity index (χ1) is 12.9. The second kappa shape index (κ2) is 7.98. The van der Waals surface area contributed by atoms with Crippen LogP contribution in [-0.4, -0.2) is 44.9 Å². The number of amides is 1. The molecule has 0 spiro atoms. The van der Waals surface area contributed by atoms with E-state index in [1.165, 1.54) is 4.68 Å². The van der Waals surface area contributed by atoms with Gasteiger partial charge in [0.15, 0.2) is 6.61 Å². The van der Waals surface area contributed by atoms with Gasteiger partial charge in [-0.05, 0) is 45.2 Å². The molecule has 1 unspecified atom stereocenters. The molecule has 1 aliphatic heterocycles. The predicted octanol–water partition coefficient (Wildman–Crippen LogP) is 2.26. The van der Waals surface area contributed by atoms with E-state index in [-0.39, 0.29) is 30.2 Å². The van der Waals surface area contributed by atoms with E-state index in [0.29, 0.717) is 13.1 Å². The molecule has 1 saturated heterocycles. The fourth-order valence-electron chi connectivity index (χ4n) is 3.63. The van der Waals surface area contributed by atoms with Crippen molar-refractivity contribution in [1.82, 2.24) is 19.2 Å². The molecule has 0 aliphatic carbocycles. The second-order valence-corrected chi connectivity index (χ2v) is 7.46. The van der Waals surface area contributed by atoms with Crippen LogP contribution in [0.2, 0.25) is 0 Å². The van der Waals surface area contributed by atoms with Gasteiger partial charge in [0, 0.05) is 32.1 Å². The lowest BCUT2D eigenvalue weighted by molar-refractivity contribution is -0.134. The van der Waals surface area contributed by atoms with E-state index < -0.39 is 0 Å². The fraction of sp³-hybridized carbons (Fsp3) is 0.550. The maximum absolute atomic E-state index is 12.7. The lowest BCUT2D eigenvalue weighted by Crippen LogP contribution is -2.42. The Morgan fingerprint density at radius 3 is 2.78 bits per heavy atom. The number of likely N-dealkylation sites (tertiary alicyclic amines) is 1. The highest BCUT2D eigenvalue weighted by Gasteiger charge is 2.30. The van der Waals surface area contributed by atoms with Crippen LogP contribution in [0.15, 0.2) is 29.1 Å². The van der Waals surface area contributed by atoms with Gasteiger partial charge >= 0.3 is 5.69 Å². The molecule has 0 radical (unpaired) electrons. The minimum absolute atomic E-state index is 0.0246. The maximum atomic E-state index is 12.7. The van der Waals surface area contributed by atoms with E-state index in [4.69, 9.17) is 4.74 Å². The summed E-state index contributed by atoms with van der Waals surface area (Å²) >= 11 is 0. The highest BCUT2D eigenvalue weighted by molar-refractivity contribution is 5.78. The number of nitrogens with zero attached hydrogens (tertiary/aromatic N) is 4. The van der Waals surface area contributed by atoms with Crippen LogP contribution in [0.1, 0.15) is 50.0 Å². The lowest BCUT2D eigenvalue weighted by atomic mass is 9.97. The van der Waals surface area contributed by atoms with Crippen LogP contribution in [0.3, 0.4) is 0 Å². The molecule has 27 heavy (non-hydrogen) atoms. The predicted molar refractivity (Wildman–Crippen MR) is 103 cm³/mol. The van der Waals surface area contributed by atoms with Crippen LogP contribution in [0.5, 0.6) is 5.75 Å². The summed E-state index contributed by atoms with van der Waals surface area (Å²) in [5.41, 5.74) is 0.905. The molecule has 7 nitrogen and oxygen atoms in total. The third-order valence-corrected chi connectivity index (χ3v) is 5.08. The molecule has 146 valence electrons. The number of ether oxygens (including phenoxy) is 1. The number of piperidine rings is 1. The molecule has 0 saturated carbocycles. The van der Waals surface area contributed by atoms with E-state index in [1.807, 2.05) is 49.9 Å². The highest BCUT2D eigenvalue weighted by atomic mass is 16.5. The van der Waals surface area contributed by atoms with Crippen molar-refractivity contribution in [3.8, 4) is 5.75 Å². The molecule has 1 fully saturated rings. The number of rotatable bonds is 5.